The summed E-state index contributed by atoms with van der Waals surface area (Å²) in [6, 6.07) is 4.68. The average molecular weight is 361 g/mol. The lowest BCUT2D eigenvalue weighted by atomic mass is 10.1. The number of unbranched alkanes of at least 4 members (excludes halogenated alkanes) is 2. The van der Waals surface area contributed by atoms with Gasteiger partial charge in [0.15, 0.2) is 0 Å². The van der Waals surface area contributed by atoms with E-state index in [4.69, 9.17) is 32.7 Å². The van der Waals surface area contributed by atoms with Gasteiger partial charge >= 0.3 is 11.9 Å². The highest BCUT2D eigenvalue weighted by atomic mass is 35.5. The third-order valence-corrected chi connectivity index (χ3v) is 3.70. The van der Waals surface area contributed by atoms with Gasteiger partial charge in [0.05, 0.1) is 16.7 Å². The van der Waals surface area contributed by atoms with Crippen molar-refractivity contribution in [3.05, 3.63) is 28.2 Å². The van der Waals surface area contributed by atoms with E-state index < -0.39 is 0 Å². The summed E-state index contributed by atoms with van der Waals surface area (Å²) in [5.74, 6) is 0.208. The SMILES string of the molecule is CC(C)COC(=O)CCCCCC(=O)Oc1ccc(Cl)c(Cl)c1. The van der Waals surface area contributed by atoms with Crippen molar-refractivity contribution in [1.82, 2.24) is 0 Å². The first-order chi connectivity index (χ1) is 10.9. The van der Waals surface area contributed by atoms with Crippen molar-refractivity contribution in [2.45, 2.75) is 46.0 Å². The minimum absolute atomic E-state index is 0.183. The van der Waals surface area contributed by atoms with Gasteiger partial charge in [-0.3, -0.25) is 9.59 Å². The first-order valence-electron chi connectivity index (χ1n) is 7.70. The van der Waals surface area contributed by atoms with Crippen LogP contribution >= 0.6 is 23.2 Å². The molecule has 0 aliphatic carbocycles. The Morgan fingerprint density at radius 1 is 1.00 bits per heavy atom. The number of halogens is 2. The van der Waals surface area contributed by atoms with Crippen LogP contribution in [-0.4, -0.2) is 18.5 Å². The first kappa shape index (κ1) is 19.8. The molecule has 0 aliphatic heterocycles. The van der Waals surface area contributed by atoms with E-state index in [1.165, 1.54) is 6.07 Å². The summed E-state index contributed by atoms with van der Waals surface area (Å²) >= 11 is 11.6. The van der Waals surface area contributed by atoms with Crippen molar-refractivity contribution in [2.24, 2.45) is 5.92 Å². The van der Waals surface area contributed by atoms with Gasteiger partial charge in [0.25, 0.3) is 0 Å². The van der Waals surface area contributed by atoms with Gasteiger partial charge in [0, 0.05) is 18.9 Å². The van der Waals surface area contributed by atoms with E-state index in [0.717, 1.165) is 6.42 Å². The Hall–Kier alpha value is -1.26. The van der Waals surface area contributed by atoms with Crippen molar-refractivity contribution < 1.29 is 19.1 Å². The molecule has 0 heterocycles. The molecule has 1 rings (SSSR count). The number of esters is 2. The molecule has 0 saturated carbocycles. The molecule has 0 spiro atoms. The van der Waals surface area contributed by atoms with Crippen molar-refractivity contribution in [3.8, 4) is 5.75 Å². The zero-order valence-electron chi connectivity index (χ0n) is 13.4. The second-order valence-corrected chi connectivity index (χ2v) is 6.50. The molecule has 23 heavy (non-hydrogen) atoms. The predicted molar refractivity (Wildman–Crippen MR) is 91.0 cm³/mol. The van der Waals surface area contributed by atoms with Crippen LogP contribution in [0.25, 0.3) is 0 Å². The predicted octanol–water partition coefficient (Wildman–Crippen LogP) is 5.05. The van der Waals surface area contributed by atoms with Crippen molar-refractivity contribution >= 4 is 35.1 Å². The third kappa shape index (κ3) is 8.82. The topological polar surface area (TPSA) is 52.6 Å². The van der Waals surface area contributed by atoms with Crippen LogP contribution in [0.2, 0.25) is 10.0 Å². The lowest BCUT2D eigenvalue weighted by molar-refractivity contribution is -0.144. The number of benzene rings is 1. The van der Waals surface area contributed by atoms with Crippen LogP contribution in [0.5, 0.6) is 5.75 Å². The number of rotatable bonds is 9. The Labute approximate surface area is 147 Å². The molecule has 0 N–H and O–H groups in total. The fourth-order valence-corrected chi connectivity index (χ4v) is 2.06. The van der Waals surface area contributed by atoms with Gasteiger partial charge in [-0.25, -0.2) is 0 Å². The highest BCUT2D eigenvalue weighted by molar-refractivity contribution is 6.42. The Balaban J connectivity index is 2.14. The quantitative estimate of drug-likeness (QED) is 0.351. The molecule has 128 valence electrons. The molecular weight excluding hydrogens is 339 g/mol. The summed E-state index contributed by atoms with van der Waals surface area (Å²) in [7, 11) is 0. The van der Waals surface area contributed by atoms with E-state index in [2.05, 4.69) is 0 Å². The molecule has 0 saturated heterocycles. The average Bonchev–Trinajstić information content (AvgIpc) is 2.48. The zero-order chi connectivity index (χ0) is 17.2. The number of carbonyl (C=O) groups is 2. The van der Waals surface area contributed by atoms with Crippen molar-refractivity contribution in [3.63, 3.8) is 0 Å². The summed E-state index contributed by atoms with van der Waals surface area (Å²) < 4.78 is 10.2. The van der Waals surface area contributed by atoms with E-state index >= 15 is 0 Å². The van der Waals surface area contributed by atoms with Crippen LogP contribution in [0.1, 0.15) is 46.0 Å². The van der Waals surface area contributed by atoms with E-state index in [-0.39, 0.29) is 11.9 Å². The summed E-state index contributed by atoms with van der Waals surface area (Å²) in [5, 5.41) is 0.757. The number of carbonyl (C=O) groups excluding carboxylic acids is 2. The fraction of sp³-hybridized carbons (Fsp3) is 0.529. The number of ether oxygens (including phenoxy) is 2. The van der Waals surface area contributed by atoms with Crippen LogP contribution in [0.3, 0.4) is 0 Å². The molecule has 1 aromatic rings. The lowest BCUT2D eigenvalue weighted by Crippen LogP contribution is -2.10. The molecule has 0 unspecified atom stereocenters. The van der Waals surface area contributed by atoms with Crippen LogP contribution < -0.4 is 4.74 Å². The maximum absolute atomic E-state index is 11.7. The first-order valence-corrected chi connectivity index (χ1v) is 8.45. The van der Waals surface area contributed by atoms with Gasteiger partial charge in [-0.2, -0.15) is 0 Å². The number of hydrogen-bond donors (Lipinski definition) is 0. The maximum Gasteiger partial charge on any atom is 0.311 e. The van der Waals surface area contributed by atoms with Crippen LogP contribution in [-0.2, 0) is 14.3 Å². The molecular formula is C17H22Cl2O4. The van der Waals surface area contributed by atoms with E-state index in [0.29, 0.717) is 54.0 Å². The standard InChI is InChI=1S/C17H22Cl2O4/c1-12(2)11-22-16(20)6-4-3-5-7-17(21)23-13-8-9-14(18)15(19)10-13/h8-10,12H,3-7,11H2,1-2H3. The second-order valence-electron chi connectivity index (χ2n) is 5.69. The largest absolute Gasteiger partial charge is 0.465 e. The maximum atomic E-state index is 11.7. The summed E-state index contributed by atoms with van der Waals surface area (Å²) in [4.78, 5) is 23.1. The smallest absolute Gasteiger partial charge is 0.311 e. The zero-order valence-corrected chi connectivity index (χ0v) is 15.0. The minimum Gasteiger partial charge on any atom is -0.465 e. The molecule has 0 radical (unpaired) electrons. The Kier molecular flexibility index (Phi) is 9.03. The molecule has 0 atom stereocenters. The van der Waals surface area contributed by atoms with Gasteiger partial charge in [-0.05, 0) is 30.9 Å². The molecule has 0 aromatic heterocycles. The Morgan fingerprint density at radius 2 is 1.65 bits per heavy atom. The molecule has 0 amide bonds. The summed E-state index contributed by atoms with van der Waals surface area (Å²) in [6.07, 6.45) is 2.82. The minimum atomic E-state index is -0.328. The van der Waals surface area contributed by atoms with E-state index in [1.54, 1.807) is 12.1 Å². The molecule has 0 bridgehead atoms. The Morgan fingerprint density at radius 3 is 2.26 bits per heavy atom. The lowest BCUT2D eigenvalue weighted by Gasteiger charge is -2.07. The third-order valence-electron chi connectivity index (χ3n) is 2.96. The van der Waals surface area contributed by atoms with Gasteiger partial charge in [0.1, 0.15) is 5.75 Å². The van der Waals surface area contributed by atoms with Crippen LogP contribution in [0.4, 0.5) is 0 Å². The summed E-state index contributed by atoms with van der Waals surface area (Å²) in [5.41, 5.74) is 0. The fourth-order valence-electron chi connectivity index (χ4n) is 1.77. The van der Waals surface area contributed by atoms with Crippen molar-refractivity contribution in [1.29, 1.82) is 0 Å². The highest BCUT2D eigenvalue weighted by Gasteiger charge is 2.08. The van der Waals surface area contributed by atoms with Gasteiger partial charge in [-0.15, -0.1) is 0 Å². The molecule has 0 aliphatic rings. The molecule has 6 heteroatoms. The number of hydrogen-bond acceptors (Lipinski definition) is 4. The van der Waals surface area contributed by atoms with Crippen molar-refractivity contribution in [2.75, 3.05) is 6.61 Å². The van der Waals surface area contributed by atoms with E-state index in [1.807, 2.05) is 13.8 Å². The monoisotopic (exact) mass is 360 g/mol. The highest BCUT2D eigenvalue weighted by Crippen LogP contribution is 2.26. The molecule has 4 nitrogen and oxygen atoms in total. The van der Waals surface area contributed by atoms with Crippen LogP contribution in [0, 0.1) is 5.92 Å². The van der Waals surface area contributed by atoms with Crippen LogP contribution in [0.15, 0.2) is 18.2 Å². The molecule has 0 fully saturated rings. The van der Waals surface area contributed by atoms with E-state index in [9.17, 15) is 9.59 Å². The van der Waals surface area contributed by atoms with Gasteiger partial charge in [-0.1, -0.05) is 43.5 Å². The normalized spacial score (nSPS) is 10.7. The van der Waals surface area contributed by atoms with Gasteiger partial charge in [0.2, 0.25) is 0 Å². The second kappa shape index (κ2) is 10.5. The summed E-state index contributed by atoms with van der Waals surface area (Å²) in [6.45, 7) is 4.44. The molecule has 1 aromatic carbocycles. The van der Waals surface area contributed by atoms with Gasteiger partial charge < -0.3 is 9.47 Å². The Bertz CT molecular complexity index is 529.